The minimum Gasteiger partial charge on any atom is -0.451 e. The number of hydrogen-bond acceptors (Lipinski definition) is 14. The summed E-state index contributed by atoms with van der Waals surface area (Å²) in [6, 6.07) is 11.3. The van der Waals surface area contributed by atoms with E-state index in [0.29, 0.717) is 37.4 Å². The van der Waals surface area contributed by atoms with Crippen LogP contribution < -0.4 is 4.90 Å². The van der Waals surface area contributed by atoms with E-state index in [0.717, 1.165) is 20.4 Å². The summed E-state index contributed by atoms with van der Waals surface area (Å²) in [5, 5.41) is 0. The van der Waals surface area contributed by atoms with Crippen molar-refractivity contribution in [2.24, 2.45) is 23.7 Å². The molecule has 0 aliphatic carbocycles. The number of anilines is 1. The first-order valence-corrected chi connectivity index (χ1v) is 26.1. The second-order valence-electron chi connectivity index (χ2n) is 21.5. The molecule has 0 bridgehead atoms. The van der Waals surface area contributed by atoms with Crippen molar-refractivity contribution in [2.75, 3.05) is 59.4 Å². The van der Waals surface area contributed by atoms with Gasteiger partial charge < -0.3 is 48.2 Å². The predicted molar refractivity (Wildman–Crippen MR) is 278 cm³/mol. The molecule has 2 heterocycles. The summed E-state index contributed by atoms with van der Waals surface area (Å²) in [6.07, 6.45) is -5.69. The maximum atomic E-state index is 14.9. The van der Waals surface area contributed by atoms with Crippen LogP contribution >= 0.6 is 0 Å². The fourth-order valence-corrected chi connectivity index (χ4v) is 9.19. The molecular weight excluding hydrogens is 951 g/mol. The first-order chi connectivity index (χ1) is 34.8. The van der Waals surface area contributed by atoms with Crippen LogP contribution in [0.4, 0.5) is 5.69 Å². The van der Waals surface area contributed by atoms with Crippen molar-refractivity contribution >= 4 is 53.2 Å². The van der Waals surface area contributed by atoms with Gasteiger partial charge in [0.2, 0.25) is 0 Å². The first-order valence-electron chi connectivity index (χ1n) is 26.1. The molecule has 2 fully saturated rings. The van der Waals surface area contributed by atoms with E-state index in [1.165, 1.54) is 46.9 Å². The second-order valence-corrected chi connectivity index (χ2v) is 21.5. The molecule has 4 rings (SSSR count). The Balaban J connectivity index is 1.85. The van der Waals surface area contributed by atoms with Crippen LogP contribution in [0.3, 0.4) is 0 Å². The zero-order valence-corrected chi connectivity index (χ0v) is 46.2. The van der Waals surface area contributed by atoms with Crippen molar-refractivity contribution < 1.29 is 62.0 Å². The number of nitrogens with zero attached hydrogens (tertiary/aromatic N) is 5. The van der Waals surface area contributed by atoms with Crippen LogP contribution in [-0.4, -0.2) is 170 Å². The molecule has 4 amide bonds. The van der Waals surface area contributed by atoms with Crippen LogP contribution in [-0.2, 0) is 74.9 Å². The Labute approximate surface area is 438 Å². The third-order valence-electron chi connectivity index (χ3n) is 13.5. The summed E-state index contributed by atoms with van der Waals surface area (Å²) in [7, 11) is 5.59. The number of carbonyl (C=O) groups is 8. The van der Waals surface area contributed by atoms with E-state index >= 15 is 0 Å². The minimum atomic E-state index is -1.51. The number of esters is 4. The number of hydrogen-bond donors (Lipinski definition) is 0. The molecule has 2 aromatic rings. The van der Waals surface area contributed by atoms with E-state index in [-0.39, 0.29) is 62.2 Å². The van der Waals surface area contributed by atoms with Crippen LogP contribution in [0.2, 0.25) is 0 Å². The molecule has 2 aliphatic heterocycles. The molecule has 0 aromatic heterocycles. The number of amides is 4. The lowest BCUT2D eigenvalue weighted by atomic mass is 10.00. The van der Waals surface area contributed by atoms with Crippen molar-refractivity contribution in [1.82, 2.24) is 19.6 Å². The van der Waals surface area contributed by atoms with Crippen LogP contribution in [0.5, 0.6) is 0 Å². The van der Waals surface area contributed by atoms with Crippen LogP contribution in [0, 0.1) is 23.7 Å². The van der Waals surface area contributed by atoms with Gasteiger partial charge in [-0.1, -0.05) is 97.9 Å². The zero-order chi connectivity index (χ0) is 55.1. The lowest BCUT2D eigenvalue weighted by Crippen LogP contribution is -2.55. The van der Waals surface area contributed by atoms with Gasteiger partial charge in [-0.3, -0.25) is 19.2 Å². The van der Waals surface area contributed by atoms with Crippen LogP contribution in [0.15, 0.2) is 54.6 Å². The molecule has 18 heteroatoms. The van der Waals surface area contributed by atoms with Crippen molar-refractivity contribution in [3.63, 3.8) is 0 Å². The molecule has 0 spiro atoms. The maximum absolute atomic E-state index is 14.9. The number of rotatable bonds is 13. The first kappa shape index (κ1) is 60.5. The zero-order valence-electron chi connectivity index (χ0n) is 46.2. The Morgan fingerprint density at radius 3 is 1.08 bits per heavy atom. The molecule has 8 atom stereocenters. The minimum absolute atomic E-state index is 0.0855. The van der Waals surface area contributed by atoms with Gasteiger partial charge in [0.15, 0.2) is 24.4 Å². The monoisotopic (exact) mass is 1030 g/mol. The number of morpholine rings is 1. The molecule has 0 unspecified atom stereocenters. The van der Waals surface area contributed by atoms with E-state index < -0.39 is 96.1 Å². The van der Waals surface area contributed by atoms with Gasteiger partial charge in [-0.05, 0) is 86.5 Å². The Hall–Kier alpha value is -6.04. The summed E-state index contributed by atoms with van der Waals surface area (Å²) in [5.74, 6) is -7.21. The Bertz CT molecular complexity index is 2200. The van der Waals surface area contributed by atoms with Gasteiger partial charge in [0.1, 0.15) is 24.2 Å². The summed E-state index contributed by atoms with van der Waals surface area (Å²) < 4.78 is 29.5. The average Bonchev–Trinajstić information content (AvgIpc) is 3.35. The normalized spacial score (nSPS) is 25.4. The highest BCUT2D eigenvalue weighted by Gasteiger charge is 2.43. The molecule has 18 nitrogen and oxygen atoms in total. The summed E-state index contributed by atoms with van der Waals surface area (Å²) in [6.45, 7) is 20.2. The quantitative estimate of drug-likeness (QED) is 0.180. The molecule has 2 aliphatic rings. The standard InChI is InChI=1S/C56H83N5O13/c1-34(2)28-43-53(66)71-39(10)50(63)58(12)46(31-37(7)8)56(69)74-48(33-41-20-22-42(23-21-41)61-24-26-70-27-25-61)52(65)60(14)44(29-35(3)4)54(67)72-38(9)49(62)57(11)45(30-36(5)6)55(68)73-47(51(64)59(43)13)32-40-18-16-15-17-19-40/h15-23,34-39,43-48H,24-33H2,1-14H3/t38-,39-,43+,44+,45+,46+,47-,48-/m1/s1. The van der Waals surface area contributed by atoms with Gasteiger partial charge in [-0.25, -0.2) is 19.2 Å². The lowest BCUT2D eigenvalue weighted by molar-refractivity contribution is -0.176. The summed E-state index contributed by atoms with van der Waals surface area (Å²) >= 11 is 0. The average molecular weight is 1030 g/mol. The van der Waals surface area contributed by atoms with E-state index in [9.17, 15) is 38.4 Å². The van der Waals surface area contributed by atoms with Gasteiger partial charge in [0, 0.05) is 59.8 Å². The van der Waals surface area contributed by atoms with Crippen molar-refractivity contribution in [2.45, 2.75) is 156 Å². The van der Waals surface area contributed by atoms with Gasteiger partial charge >= 0.3 is 23.9 Å². The molecule has 0 radical (unpaired) electrons. The fraction of sp³-hybridized carbons (Fsp3) is 0.643. The molecule has 0 N–H and O–H groups in total. The van der Waals surface area contributed by atoms with Crippen LogP contribution in [0.25, 0.3) is 0 Å². The molecular formula is C56H83N5O13. The largest absolute Gasteiger partial charge is 0.451 e. The van der Waals surface area contributed by atoms with Crippen molar-refractivity contribution in [3.05, 3.63) is 65.7 Å². The van der Waals surface area contributed by atoms with E-state index in [1.807, 2.05) is 79.7 Å². The lowest BCUT2D eigenvalue weighted by Gasteiger charge is -2.35. The molecule has 2 aromatic carbocycles. The number of benzene rings is 2. The van der Waals surface area contributed by atoms with E-state index in [2.05, 4.69) is 4.90 Å². The van der Waals surface area contributed by atoms with Crippen molar-refractivity contribution in [3.8, 4) is 0 Å². The summed E-state index contributed by atoms with van der Waals surface area (Å²) in [4.78, 5) is 123. The van der Waals surface area contributed by atoms with Crippen molar-refractivity contribution in [1.29, 1.82) is 0 Å². The molecule has 0 saturated carbocycles. The van der Waals surface area contributed by atoms with Gasteiger partial charge in [0.25, 0.3) is 23.6 Å². The van der Waals surface area contributed by atoms with Gasteiger partial charge in [-0.15, -0.1) is 0 Å². The highest BCUT2D eigenvalue weighted by atomic mass is 16.6. The van der Waals surface area contributed by atoms with E-state index in [1.54, 1.807) is 30.3 Å². The topological polar surface area (TPSA) is 199 Å². The Kier molecular flexibility index (Phi) is 22.9. The highest BCUT2D eigenvalue weighted by Crippen LogP contribution is 2.25. The van der Waals surface area contributed by atoms with Gasteiger partial charge in [0.05, 0.1) is 13.2 Å². The third kappa shape index (κ3) is 17.0. The molecule has 410 valence electrons. The molecule has 74 heavy (non-hydrogen) atoms. The SMILES string of the molecule is CC(C)C[C@H]1C(=O)O[C@H](Cc2ccc(N3CCOCC3)cc2)C(=O)N(C)[C@@H](CC(C)C)C(=O)O[C@H](C)C(=O)N(C)[C@@H](CC(C)C)C(=O)O[C@H](Cc2ccccc2)C(=O)N(C)[C@@H](CC(C)C)C(=O)O[C@H](C)C(=O)N1C. The van der Waals surface area contributed by atoms with E-state index in [4.69, 9.17) is 23.7 Å². The smallest absolute Gasteiger partial charge is 0.329 e. The van der Waals surface area contributed by atoms with Crippen LogP contribution in [0.1, 0.15) is 106 Å². The maximum Gasteiger partial charge on any atom is 0.329 e. The summed E-state index contributed by atoms with van der Waals surface area (Å²) in [5.41, 5.74) is 2.24. The molecule has 2 saturated heterocycles. The fourth-order valence-electron chi connectivity index (χ4n) is 9.19. The highest BCUT2D eigenvalue weighted by molar-refractivity contribution is 5.94. The number of likely N-dealkylation sites (N-methyl/N-ethyl adjacent to an activating group) is 4. The third-order valence-corrected chi connectivity index (χ3v) is 13.5. The number of cyclic esters (lactones) is 4. The van der Waals surface area contributed by atoms with Gasteiger partial charge in [-0.2, -0.15) is 0 Å². The number of carbonyl (C=O) groups excluding carboxylic acids is 8. The Morgan fingerprint density at radius 1 is 0.432 bits per heavy atom. The second kappa shape index (κ2) is 28.0. The predicted octanol–water partition coefficient (Wildman–Crippen LogP) is 5.50. The number of ether oxygens (including phenoxy) is 5. The Morgan fingerprint density at radius 2 is 0.743 bits per heavy atom.